The maximum Gasteiger partial charge on any atom is 0.242 e. The molecule has 0 N–H and O–H groups in total. The van der Waals surface area contributed by atoms with Gasteiger partial charge in [0.15, 0.2) is 9.84 Å². The van der Waals surface area contributed by atoms with Crippen molar-refractivity contribution >= 4 is 21.4 Å². The van der Waals surface area contributed by atoms with Gasteiger partial charge in [0.1, 0.15) is 5.75 Å². The van der Waals surface area contributed by atoms with Crippen LogP contribution in [0.5, 0.6) is 0 Å². The summed E-state index contributed by atoms with van der Waals surface area (Å²) in [4.78, 5) is 14.0. The second-order valence-electron chi connectivity index (χ2n) is 5.88. The zero-order valence-corrected chi connectivity index (χ0v) is 13.8. The summed E-state index contributed by atoms with van der Waals surface area (Å²) in [6.45, 7) is 2.43. The average Bonchev–Trinajstić information content (AvgIpc) is 2.93. The number of carbonyl (C=O) groups is 1. The quantitative estimate of drug-likeness (QED) is 0.866. The molecule has 1 amide bonds. The minimum atomic E-state index is -3.49. The average molecular weight is 329 g/mol. The summed E-state index contributed by atoms with van der Waals surface area (Å²) in [5, 5.41) is 0. The Morgan fingerprint density at radius 2 is 1.78 bits per heavy atom. The van der Waals surface area contributed by atoms with E-state index in [9.17, 15) is 13.2 Å². The van der Waals surface area contributed by atoms with E-state index in [1.165, 1.54) is 0 Å². The van der Waals surface area contributed by atoms with E-state index in [-0.39, 0.29) is 11.7 Å². The van der Waals surface area contributed by atoms with Gasteiger partial charge in [-0.3, -0.25) is 4.79 Å². The second-order valence-corrected chi connectivity index (χ2v) is 7.95. The Balaban J connectivity index is 1.74. The molecule has 3 rings (SSSR count). The number of rotatable bonds is 4. The number of hydrogen-bond donors (Lipinski definition) is 0. The largest absolute Gasteiger partial charge is 0.311 e. The maximum atomic E-state index is 12.4. The van der Waals surface area contributed by atoms with Gasteiger partial charge in [-0.1, -0.05) is 42.5 Å². The maximum absolute atomic E-state index is 12.4. The zero-order valence-electron chi connectivity index (χ0n) is 13.0. The van der Waals surface area contributed by atoms with Crippen LogP contribution in [-0.2, 0) is 26.8 Å². The molecule has 5 heteroatoms. The first kappa shape index (κ1) is 15.7. The first-order valence-electron chi connectivity index (χ1n) is 7.59. The van der Waals surface area contributed by atoms with E-state index in [1.54, 1.807) is 11.0 Å². The van der Waals surface area contributed by atoms with Crippen LogP contribution in [0.4, 0.5) is 5.69 Å². The van der Waals surface area contributed by atoms with E-state index in [2.05, 4.69) is 0 Å². The minimum absolute atomic E-state index is 0.0963. The summed E-state index contributed by atoms with van der Waals surface area (Å²) in [5.41, 5.74) is 3.61. The van der Waals surface area contributed by atoms with Crippen LogP contribution in [0, 0.1) is 6.92 Å². The van der Waals surface area contributed by atoms with Gasteiger partial charge in [-0.15, -0.1) is 0 Å². The van der Waals surface area contributed by atoms with Gasteiger partial charge >= 0.3 is 0 Å². The van der Waals surface area contributed by atoms with Gasteiger partial charge in [0, 0.05) is 12.2 Å². The van der Waals surface area contributed by atoms with E-state index in [0.717, 1.165) is 28.8 Å². The molecule has 2 aromatic carbocycles. The Hall–Kier alpha value is -2.14. The number of fused-ring (bicyclic) bond motifs is 1. The first-order valence-corrected chi connectivity index (χ1v) is 9.41. The molecule has 0 spiro atoms. The van der Waals surface area contributed by atoms with Gasteiger partial charge in [0.05, 0.1) is 5.75 Å². The van der Waals surface area contributed by atoms with Gasteiger partial charge in [-0.25, -0.2) is 8.42 Å². The number of para-hydroxylation sites is 1. The number of amides is 1. The Morgan fingerprint density at radius 1 is 1.09 bits per heavy atom. The molecule has 0 aliphatic carbocycles. The predicted octanol–water partition coefficient (Wildman–Crippen LogP) is 2.50. The van der Waals surface area contributed by atoms with Crippen LogP contribution >= 0.6 is 0 Å². The molecule has 1 heterocycles. The summed E-state index contributed by atoms with van der Waals surface area (Å²) in [7, 11) is -3.49. The molecule has 0 unspecified atom stereocenters. The summed E-state index contributed by atoms with van der Waals surface area (Å²) >= 11 is 0. The standard InChI is InChI=1S/C18H19NO3S/c1-14-6-2-3-8-16(14)12-23(21,22)13-18(20)19-11-10-15-7-4-5-9-17(15)19/h2-9H,10-13H2,1H3. The van der Waals surface area contributed by atoms with Crippen LogP contribution in [0.15, 0.2) is 48.5 Å². The lowest BCUT2D eigenvalue weighted by molar-refractivity contribution is -0.116. The van der Waals surface area contributed by atoms with Crippen LogP contribution in [0.3, 0.4) is 0 Å². The van der Waals surface area contributed by atoms with Gasteiger partial charge in [0.2, 0.25) is 5.91 Å². The fourth-order valence-corrected chi connectivity index (χ4v) is 4.36. The van der Waals surface area contributed by atoms with E-state index in [0.29, 0.717) is 6.54 Å². The summed E-state index contributed by atoms with van der Waals surface area (Å²) in [6.07, 6.45) is 0.778. The Morgan fingerprint density at radius 3 is 2.57 bits per heavy atom. The molecule has 0 atom stereocenters. The molecule has 2 aromatic rings. The lowest BCUT2D eigenvalue weighted by Gasteiger charge is -2.17. The molecular formula is C18H19NO3S. The third-order valence-corrected chi connectivity index (χ3v) is 5.61. The number of anilines is 1. The van der Waals surface area contributed by atoms with Crippen molar-refractivity contribution in [2.75, 3.05) is 17.2 Å². The number of carbonyl (C=O) groups excluding carboxylic acids is 1. The van der Waals surface area contributed by atoms with Crippen molar-refractivity contribution in [1.29, 1.82) is 0 Å². The highest BCUT2D eigenvalue weighted by atomic mass is 32.2. The Bertz CT molecular complexity index is 843. The molecule has 0 bridgehead atoms. The molecule has 1 aliphatic rings. The van der Waals surface area contributed by atoms with Crippen LogP contribution in [0.25, 0.3) is 0 Å². The number of nitrogens with zero attached hydrogens (tertiary/aromatic N) is 1. The highest BCUT2D eigenvalue weighted by Gasteiger charge is 2.28. The Labute approximate surface area is 136 Å². The van der Waals surface area contributed by atoms with E-state index in [4.69, 9.17) is 0 Å². The highest BCUT2D eigenvalue weighted by molar-refractivity contribution is 7.91. The van der Waals surface area contributed by atoms with Crippen molar-refractivity contribution in [2.24, 2.45) is 0 Å². The number of aryl methyl sites for hydroxylation is 1. The zero-order chi connectivity index (χ0) is 16.4. The molecule has 4 nitrogen and oxygen atoms in total. The first-order chi connectivity index (χ1) is 11.0. The molecule has 0 saturated heterocycles. The number of sulfone groups is 1. The molecule has 120 valence electrons. The molecule has 0 aromatic heterocycles. The van der Waals surface area contributed by atoms with Crippen LogP contribution in [0.2, 0.25) is 0 Å². The van der Waals surface area contributed by atoms with Gasteiger partial charge in [0.25, 0.3) is 0 Å². The molecule has 0 fully saturated rings. The van der Waals surface area contributed by atoms with Gasteiger partial charge in [-0.2, -0.15) is 0 Å². The van der Waals surface area contributed by atoms with E-state index < -0.39 is 15.6 Å². The fourth-order valence-electron chi connectivity index (χ4n) is 2.92. The van der Waals surface area contributed by atoms with Crippen molar-refractivity contribution in [3.63, 3.8) is 0 Å². The van der Waals surface area contributed by atoms with Crippen molar-refractivity contribution in [3.05, 3.63) is 65.2 Å². The molecule has 0 saturated carbocycles. The monoisotopic (exact) mass is 329 g/mol. The van der Waals surface area contributed by atoms with Crippen LogP contribution in [-0.4, -0.2) is 26.6 Å². The summed E-state index contributed by atoms with van der Waals surface area (Å²) < 4.78 is 24.8. The molecule has 0 radical (unpaired) electrons. The molecular weight excluding hydrogens is 310 g/mol. The molecule has 23 heavy (non-hydrogen) atoms. The lowest BCUT2D eigenvalue weighted by atomic mass is 10.1. The fraction of sp³-hybridized carbons (Fsp3) is 0.278. The van der Waals surface area contributed by atoms with Crippen LogP contribution < -0.4 is 4.90 Å². The lowest BCUT2D eigenvalue weighted by Crippen LogP contribution is -2.34. The number of hydrogen-bond acceptors (Lipinski definition) is 3. The summed E-state index contributed by atoms with van der Waals surface area (Å²) in [5.74, 6) is -0.889. The van der Waals surface area contributed by atoms with Crippen molar-refractivity contribution in [3.8, 4) is 0 Å². The minimum Gasteiger partial charge on any atom is -0.311 e. The highest BCUT2D eigenvalue weighted by Crippen LogP contribution is 2.27. The third kappa shape index (κ3) is 3.45. The van der Waals surface area contributed by atoms with Gasteiger partial charge < -0.3 is 4.90 Å². The van der Waals surface area contributed by atoms with Crippen LogP contribution in [0.1, 0.15) is 16.7 Å². The smallest absolute Gasteiger partial charge is 0.242 e. The third-order valence-electron chi connectivity index (χ3n) is 4.17. The van der Waals surface area contributed by atoms with Crippen molar-refractivity contribution < 1.29 is 13.2 Å². The van der Waals surface area contributed by atoms with E-state index in [1.807, 2.05) is 49.4 Å². The molecule has 1 aliphatic heterocycles. The van der Waals surface area contributed by atoms with E-state index >= 15 is 0 Å². The normalized spacial score (nSPS) is 13.9. The summed E-state index contributed by atoms with van der Waals surface area (Å²) in [6, 6.07) is 15.0. The van der Waals surface area contributed by atoms with Crippen molar-refractivity contribution in [2.45, 2.75) is 19.1 Å². The topological polar surface area (TPSA) is 54.5 Å². The SMILES string of the molecule is Cc1ccccc1CS(=O)(=O)CC(=O)N1CCc2ccccc21. The second kappa shape index (κ2) is 6.16. The Kier molecular flexibility index (Phi) is 4.22. The van der Waals surface area contributed by atoms with Crippen molar-refractivity contribution in [1.82, 2.24) is 0 Å². The number of benzene rings is 2. The van der Waals surface area contributed by atoms with Gasteiger partial charge in [-0.05, 0) is 36.1 Å². The predicted molar refractivity (Wildman–Crippen MR) is 91.2 cm³/mol.